The molecule has 4 amide bonds. The van der Waals surface area contributed by atoms with Crippen molar-refractivity contribution in [3.05, 3.63) is 117 Å². The van der Waals surface area contributed by atoms with Crippen LogP contribution in [-0.4, -0.2) is 35.3 Å². The van der Waals surface area contributed by atoms with Crippen molar-refractivity contribution in [2.24, 2.45) is 0 Å². The average Bonchev–Trinajstić information content (AvgIpc) is 2.99. The second kappa shape index (κ2) is 11.7. The number of urea groups is 1. The number of non-ortho nitro benzene ring substituents is 1. The average molecular weight is 566 g/mol. The van der Waals surface area contributed by atoms with Crippen molar-refractivity contribution in [2.75, 3.05) is 11.5 Å². The van der Waals surface area contributed by atoms with Gasteiger partial charge >= 0.3 is 12.0 Å². The first kappa shape index (κ1) is 27.7. The highest BCUT2D eigenvalue weighted by Gasteiger charge is 2.37. The highest BCUT2D eigenvalue weighted by atomic mass is 16.6. The number of nitrogens with zero attached hydrogens (tertiary/aromatic N) is 2. The Morgan fingerprint density at radius 1 is 0.952 bits per heavy atom. The van der Waals surface area contributed by atoms with Crippen LogP contribution in [0.3, 0.4) is 0 Å². The van der Waals surface area contributed by atoms with Crippen LogP contribution in [0.2, 0.25) is 0 Å². The van der Waals surface area contributed by atoms with Gasteiger partial charge < -0.3 is 9.47 Å². The molecule has 0 bridgehead atoms. The molecule has 1 N–H and O–H groups in total. The Kier molecular flexibility index (Phi) is 7.74. The summed E-state index contributed by atoms with van der Waals surface area (Å²) in [5, 5.41) is 14.7. The Bertz CT molecular complexity index is 1760. The van der Waals surface area contributed by atoms with Gasteiger partial charge in [0, 0.05) is 17.7 Å². The number of hydrogen-bond acceptors (Lipinski definition) is 8. The summed E-state index contributed by atoms with van der Waals surface area (Å²) in [5.74, 6) is -1.94. The lowest BCUT2D eigenvalue weighted by molar-refractivity contribution is -0.384. The van der Waals surface area contributed by atoms with Crippen molar-refractivity contribution in [3.63, 3.8) is 0 Å². The van der Waals surface area contributed by atoms with E-state index in [0.29, 0.717) is 22.3 Å². The van der Waals surface area contributed by atoms with Gasteiger partial charge in [0.25, 0.3) is 17.5 Å². The van der Waals surface area contributed by atoms with Crippen molar-refractivity contribution in [3.8, 4) is 5.75 Å². The van der Waals surface area contributed by atoms with Crippen molar-refractivity contribution in [1.29, 1.82) is 0 Å². The van der Waals surface area contributed by atoms with E-state index >= 15 is 0 Å². The molecule has 0 spiro atoms. The summed E-state index contributed by atoms with van der Waals surface area (Å²) in [6, 6.07) is 21.5. The molecule has 11 nitrogen and oxygen atoms in total. The van der Waals surface area contributed by atoms with Crippen LogP contribution in [0.15, 0.2) is 90.5 Å². The van der Waals surface area contributed by atoms with Gasteiger partial charge in [-0.2, -0.15) is 0 Å². The van der Waals surface area contributed by atoms with Crippen molar-refractivity contribution < 1.29 is 33.6 Å². The lowest BCUT2D eigenvalue weighted by Crippen LogP contribution is -2.54. The summed E-state index contributed by atoms with van der Waals surface area (Å²) in [4.78, 5) is 62.5. The first-order valence-corrected chi connectivity index (χ1v) is 12.8. The first-order valence-electron chi connectivity index (χ1n) is 12.8. The predicted octanol–water partition coefficient (Wildman–Crippen LogP) is 5.17. The molecule has 210 valence electrons. The summed E-state index contributed by atoms with van der Waals surface area (Å²) < 4.78 is 11.0. The number of carbonyl (C=O) groups is 4. The molecule has 4 aromatic rings. The maximum Gasteiger partial charge on any atom is 0.338 e. The maximum absolute atomic E-state index is 13.6. The molecule has 1 aliphatic rings. The van der Waals surface area contributed by atoms with Crippen molar-refractivity contribution in [1.82, 2.24) is 5.32 Å². The summed E-state index contributed by atoms with van der Waals surface area (Å²) in [7, 11) is 0. The SMILES string of the molecule is CCOC(=O)c1ccc(N2C(=O)NC(=O)/C(=C\c3c(OCc4ccc([N+](=O)[O-])cc4)ccc4ccccc34)C2=O)cc1. The van der Waals surface area contributed by atoms with Gasteiger partial charge in [0.15, 0.2) is 0 Å². The zero-order chi connectivity index (χ0) is 29.8. The Labute approximate surface area is 239 Å². The van der Waals surface area contributed by atoms with E-state index in [9.17, 15) is 29.3 Å². The third kappa shape index (κ3) is 5.56. The largest absolute Gasteiger partial charge is 0.488 e. The zero-order valence-electron chi connectivity index (χ0n) is 22.2. The number of rotatable bonds is 8. The molecule has 0 unspecified atom stereocenters. The highest BCUT2D eigenvalue weighted by Crippen LogP contribution is 2.32. The summed E-state index contributed by atoms with van der Waals surface area (Å²) in [5.41, 5.74) is 1.13. The molecule has 0 atom stereocenters. The maximum atomic E-state index is 13.6. The van der Waals surface area contributed by atoms with E-state index < -0.39 is 28.7 Å². The molecule has 0 saturated carbocycles. The van der Waals surface area contributed by atoms with E-state index in [0.717, 1.165) is 10.3 Å². The van der Waals surface area contributed by atoms with Crippen LogP contribution < -0.4 is 15.0 Å². The number of nitro benzene ring substituents is 1. The quantitative estimate of drug-likeness (QED) is 0.101. The molecular formula is C31H23N3O8. The van der Waals surface area contributed by atoms with Crippen LogP contribution in [0.5, 0.6) is 5.75 Å². The number of fused-ring (bicyclic) bond motifs is 1. The van der Waals surface area contributed by atoms with Gasteiger partial charge in [0.1, 0.15) is 17.9 Å². The molecule has 1 fully saturated rings. The third-order valence-corrected chi connectivity index (χ3v) is 6.50. The number of hydrogen-bond donors (Lipinski definition) is 1. The molecule has 11 heteroatoms. The van der Waals surface area contributed by atoms with Gasteiger partial charge in [-0.25, -0.2) is 14.5 Å². The Morgan fingerprint density at radius 2 is 1.67 bits per heavy atom. The number of nitro groups is 1. The second-order valence-electron chi connectivity index (χ2n) is 9.14. The molecule has 1 saturated heterocycles. The lowest BCUT2D eigenvalue weighted by Gasteiger charge is -2.26. The fraction of sp³-hybridized carbons (Fsp3) is 0.0968. The van der Waals surface area contributed by atoms with Gasteiger partial charge in [0.05, 0.1) is 22.8 Å². The molecule has 4 aromatic carbocycles. The molecule has 0 aromatic heterocycles. The molecule has 42 heavy (non-hydrogen) atoms. The normalized spacial score (nSPS) is 14.2. The van der Waals surface area contributed by atoms with E-state index in [1.54, 1.807) is 31.2 Å². The van der Waals surface area contributed by atoms with Crippen molar-refractivity contribution >= 4 is 52.0 Å². The summed E-state index contributed by atoms with van der Waals surface area (Å²) in [6.07, 6.45) is 1.37. The van der Waals surface area contributed by atoms with E-state index in [-0.39, 0.29) is 35.7 Å². The van der Waals surface area contributed by atoms with Crippen LogP contribution in [0.1, 0.15) is 28.4 Å². The van der Waals surface area contributed by atoms with Crippen LogP contribution in [-0.2, 0) is 20.9 Å². The number of nitrogens with one attached hydrogen (secondary N) is 1. The van der Waals surface area contributed by atoms with E-state index in [2.05, 4.69) is 5.32 Å². The first-order chi connectivity index (χ1) is 20.3. The van der Waals surface area contributed by atoms with E-state index in [1.807, 2.05) is 24.3 Å². The number of carbonyl (C=O) groups excluding carboxylic acids is 4. The number of barbiturate groups is 1. The van der Waals surface area contributed by atoms with Crippen LogP contribution in [0.4, 0.5) is 16.2 Å². The lowest BCUT2D eigenvalue weighted by atomic mass is 9.99. The molecule has 5 rings (SSSR count). The summed E-state index contributed by atoms with van der Waals surface area (Å²) >= 11 is 0. The van der Waals surface area contributed by atoms with Gasteiger partial charge in [-0.05, 0) is 71.8 Å². The smallest absolute Gasteiger partial charge is 0.338 e. The minimum atomic E-state index is -0.932. The Balaban J connectivity index is 1.50. The number of imide groups is 2. The predicted molar refractivity (Wildman–Crippen MR) is 153 cm³/mol. The van der Waals surface area contributed by atoms with Gasteiger partial charge in [-0.3, -0.25) is 25.0 Å². The second-order valence-corrected chi connectivity index (χ2v) is 9.14. The Hall–Kier alpha value is -5.84. The highest BCUT2D eigenvalue weighted by molar-refractivity contribution is 6.39. The molecule has 1 heterocycles. The topological polar surface area (TPSA) is 145 Å². The molecular weight excluding hydrogens is 542 g/mol. The van der Waals surface area contributed by atoms with Gasteiger partial charge in [-0.1, -0.05) is 30.3 Å². The van der Waals surface area contributed by atoms with Gasteiger partial charge in [-0.15, -0.1) is 0 Å². The number of benzene rings is 4. The standard InChI is InChI=1S/C31H23N3O8/c1-2-41-30(37)21-9-14-22(15-10-21)33-29(36)26(28(35)32-31(33)38)17-25-24-6-4-3-5-20(24)11-16-27(25)42-18-19-7-12-23(13-8-19)34(39)40/h3-17H,2,18H2,1H3,(H,32,35,38)/b26-17+. The van der Waals surface area contributed by atoms with Crippen LogP contribution >= 0.6 is 0 Å². The van der Waals surface area contributed by atoms with E-state index in [1.165, 1.54) is 42.5 Å². The Morgan fingerprint density at radius 3 is 2.36 bits per heavy atom. The number of amides is 4. The zero-order valence-corrected chi connectivity index (χ0v) is 22.2. The minimum Gasteiger partial charge on any atom is -0.488 e. The fourth-order valence-electron chi connectivity index (χ4n) is 4.42. The molecule has 0 radical (unpaired) electrons. The molecule has 0 aliphatic carbocycles. The van der Waals surface area contributed by atoms with E-state index in [4.69, 9.17) is 9.47 Å². The third-order valence-electron chi connectivity index (χ3n) is 6.50. The van der Waals surface area contributed by atoms with Crippen molar-refractivity contribution in [2.45, 2.75) is 13.5 Å². The fourth-order valence-corrected chi connectivity index (χ4v) is 4.42. The van der Waals surface area contributed by atoms with Crippen LogP contribution in [0, 0.1) is 10.1 Å². The number of anilines is 1. The number of esters is 1. The number of ether oxygens (including phenoxy) is 2. The summed E-state index contributed by atoms with van der Waals surface area (Å²) in [6.45, 7) is 1.93. The van der Waals surface area contributed by atoms with Gasteiger partial charge in [0.2, 0.25) is 0 Å². The van der Waals surface area contributed by atoms with Crippen LogP contribution in [0.25, 0.3) is 16.8 Å². The monoisotopic (exact) mass is 565 g/mol. The minimum absolute atomic E-state index is 0.0497. The molecule has 1 aliphatic heterocycles.